The first-order chi connectivity index (χ1) is 26.7. The first-order valence-electron chi connectivity index (χ1n) is 21.6. The normalized spacial score (nSPS) is 14.0. The number of carbonyl (C=O) groups excluding carboxylic acids is 2. The van der Waals surface area contributed by atoms with Crippen molar-refractivity contribution < 1.29 is 37.6 Å². The molecule has 10 heteroatoms. The van der Waals surface area contributed by atoms with E-state index in [1.807, 2.05) is 25.1 Å². The molecule has 0 aliphatic rings. The largest absolute Gasteiger partial charge is 0.472 e. The molecular weight excluding hydrogens is 713 g/mol. The number of phosphoric acid groups is 1. The van der Waals surface area contributed by atoms with Crippen molar-refractivity contribution in [3.63, 3.8) is 0 Å². The van der Waals surface area contributed by atoms with Crippen LogP contribution in [0.2, 0.25) is 0 Å². The summed E-state index contributed by atoms with van der Waals surface area (Å²) >= 11 is 0. The molecule has 0 heterocycles. The highest BCUT2D eigenvalue weighted by Gasteiger charge is 2.26. The molecular formula is C45H80NO8P. The highest BCUT2D eigenvalue weighted by Crippen LogP contribution is 2.43. The number of likely N-dealkylation sites (N-methyl/N-ethyl adjacent to an activating group) is 1. The Morgan fingerprint density at radius 3 is 1.53 bits per heavy atom. The van der Waals surface area contributed by atoms with Crippen molar-refractivity contribution in [3.05, 3.63) is 60.8 Å². The minimum Gasteiger partial charge on any atom is -0.462 e. The van der Waals surface area contributed by atoms with Gasteiger partial charge in [-0.2, -0.15) is 0 Å². The number of allylic oxidation sites excluding steroid dienone is 10. The van der Waals surface area contributed by atoms with Gasteiger partial charge in [-0.3, -0.25) is 18.6 Å². The molecule has 0 amide bonds. The predicted octanol–water partition coefficient (Wildman–Crippen LogP) is 12.3. The number of phosphoric ester groups is 1. The molecule has 2 atom stereocenters. The molecule has 0 rings (SSSR count). The fourth-order valence-electron chi connectivity index (χ4n) is 5.55. The van der Waals surface area contributed by atoms with E-state index in [1.54, 1.807) is 0 Å². The van der Waals surface area contributed by atoms with Crippen molar-refractivity contribution in [1.29, 1.82) is 0 Å². The van der Waals surface area contributed by atoms with Gasteiger partial charge in [0.1, 0.15) is 6.61 Å². The first kappa shape index (κ1) is 52.7. The van der Waals surface area contributed by atoms with Gasteiger partial charge in [-0.05, 0) is 65.5 Å². The van der Waals surface area contributed by atoms with Crippen LogP contribution in [0, 0.1) is 0 Å². The average Bonchev–Trinajstić information content (AvgIpc) is 3.15. The summed E-state index contributed by atoms with van der Waals surface area (Å²) in [6.07, 6.45) is 45.6. The van der Waals surface area contributed by atoms with Crippen LogP contribution >= 0.6 is 7.82 Å². The second-order valence-corrected chi connectivity index (χ2v) is 15.9. The third kappa shape index (κ3) is 41.2. The third-order valence-corrected chi connectivity index (χ3v) is 9.82. The number of hydrogen-bond donors (Lipinski definition) is 1. The number of esters is 2. The van der Waals surface area contributed by atoms with Gasteiger partial charge in [0.05, 0.1) is 13.2 Å². The Morgan fingerprint density at radius 2 is 1.04 bits per heavy atom. The van der Waals surface area contributed by atoms with Crippen LogP contribution in [0.3, 0.4) is 0 Å². The molecule has 0 bridgehead atoms. The monoisotopic (exact) mass is 794 g/mol. The Kier molecular flexibility index (Phi) is 38.3. The Morgan fingerprint density at radius 1 is 0.582 bits per heavy atom. The van der Waals surface area contributed by atoms with Crippen LogP contribution in [0.25, 0.3) is 0 Å². The smallest absolute Gasteiger partial charge is 0.462 e. The van der Waals surface area contributed by atoms with Gasteiger partial charge in [-0.1, -0.05) is 164 Å². The highest BCUT2D eigenvalue weighted by molar-refractivity contribution is 7.47. The molecule has 318 valence electrons. The van der Waals surface area contributed by atoms with Crippen LogP contribution < -0.4 is 0 Å². The predicted molar refractivity (Wildman–Crippen MR) is 229 cm³/mol. The maximum Gasteiger partial charge on any atom is 0.472 e. The number of hydrogen-bond acceptors (Lipinski definition) is 8. The van der Waals surface area contributed by atoms with Crippen LogP contribution in [-0.2, 0) is 32.7 Å². The molecule has 0 saturated heterocycles. The molecule has 9 nitrogen and oxygen atoms in total. The number of ether oxygens (including phenoxy) is 2. The molecule has 0 aliphatic heterocycles. The maximum absolute atomic E-state index is 12.6. The molecule has 0 radical (unpaired) electrons. The quantitative estimate of drug-likeness (QED) is 0.0281. The van der Waals surface area contributed by atoms with Crippen molar-refractivity contribution in [2.45, 2.75) is 174 Å². The lowest BCUT2D eigenvalue weighted by Gasteiger charge is -2.20. The summed E-state index contributed by atoms with van der Waals surface area (Å²) in [5.41, 5.74) is 0. The van der Waals surface area contributed by atoms with E-state index in [0.29, 0.717) is 19.4 Å². The minimum atomic E-state index is -4.38. The second-order valence-electron chi connectivity index (χ2n) is 14.5. The zero-order valence-electron chi connectivity index (χ0n) is 35.3. The maximum atomic E-state index is 12.6. The number of unbranched alkanes of at least 4 members (excludes halogenated alkanes) is 15. The van der Waals surface area contributed by atoms with Crippen LogP contribution in [0.15, 0.2) is 60.8 Å². The van der Waals surface area contributed by atoms with Crippen molar-refractivity contribution in [2.75, 3.05) is 40.5 Å². The zero-order chi connectivity index (χ0) is 40.5. The van der Waals surface area contributed by atoms with Crippen LogP contribution in [0.5, 0.6) is 0 Å². The van der Waals surface area contributed by atoms with Crippen LogP contribution in [0.1, 0.15) is 168 Å². The Balaban J connectivity index is 4.40. The summed E-state index contributed by atoms with van der Waals surface area (Å²) in [4.78, 5) is 37.0. The van der Waals surface area contributed by atoms with Crippen molar-refractivity contribution in [3.8, 4) is 0 Å². The Labute approximate surface area is 336 Å². The first-order valence-corrected chi connectivity index (χ1v) is 23.1. The van der Waals surface area contributed by atoms with E-state index >= 15 is 0 Å². The van der Waals surface area contributed by atoms with E-state index in [4.69, 9.17) is 18.5 Å². The fourth-order valence-corrected chi connectivity index (χ4v) is 6.29. The van der Waals surface area contributed by atoms with E-state index in [2.05, 4.69) is 68.5 Å². The van der Waals surface area contributed by atoms with E-state index in [0.717, 1.165) is 51.4 Å². The summed E-state index contributed by atoms with van der Waals surface area (Å²) < 4.78 is 33.4. The Bertz CT molecular complexity index is 1100. The van der Waals surface area contributed by atoms with E-state index < -0.39 is 26.5 Å². The van der Waals surface area contributed by atoms with Gasteiger partial charge in [0, 0.05) is 19.4 Å². The van der Waals surface area contributed by atoms with E-state index in [1.165, 1.54) is 77.0 Å². The molecule has 0 saturated carbocycles. The Hall–Kier alpha value is -2.29. The summed E-state index contributed by atoms with van der Waals surface area (Å²) in [5.74, 6) is -0.871. The summed E-state index contributed by atoms with van der Waals surface area (Å²) in [7, 11) is -0.743. The molecule has 0 aromatic carbocycles. The summed E-state index contributed by atoms with van der Waals surface area (Å²) in [6, 6.07) is 0. The molecule has 0 aromatic heterocycles. The van der Waals surface area contributed by atoms with Gasteiger partial charge in [-0.15, -0.1) is 0 Å². The van der Waals surface area contributed by atoms with E-state index in [9.17, 15) is 19.0 Å². The molecule has 0 aromatic rings. The van der Waals surface area contributed by atoms with Crippen molar-refractivity contribution in [2.24, 2.45) is 0 Å². The SMILES string of the molecule is CC/C=C\C/C=C\C/C=C\C/C=C\C/C=C\CCCC(=O)OC(COC(=O)CCCCCCCCCCCCCCCCC)COP(=O)(O)OCCN(C)C. The number of nitrogens with zero attached hydrogens (tertiary/aromatic N) is 1. The lowest BCUT2D eigenvalue weighted by Crippen LogP contribution is -2.29. The summed E-state index contributed by atoms with van der Waals surface area (Å²) in [5, 5.41) is 0. The van der Waals surface area contributed by atoms with Crippen LogP contribution in [0.4, 0.5) is 0 Å². The number of carbonyl (C=O) groups is 2. The van der Waals surface area contributed by atoms with Gasteiger partial charge in [0.15, 0.2) is 6.10 Å². The minimum absolute atomic E-state index is 0.00469. The molecule has 55 heavy (non-hydrogen) atoms. The van der Waals surface area contributed by atoms with Gasteiger partial charge < -0.3 is 19.3 Å². The molecule has 2 unspecified atom stereocenters. The lowest BCUT2D eigenvalue weighted by atomic mass is 10.0. The molecule has 1 N–H and O–H groups in total. The topological polar surface area (TPSA) is 112 Å². The zero-order valence-corrected chi connectivity index (χ0v) is 36.2. The summed E-state index contributed by atoms with van der Waals surface area (Å²) in [6.45, 7) is 4.14. The molecule has 0 fully saturated rings. The lowest BCUT2D eigenvalue weighted by molar-refractivity contribution is -0.161. The van der Waals surface area contributed by atoms with Crippen LogP contribution in [-0.4, -0.2) is 68.3 Å². The van der Waals surface area contributed by atoms with Crippen molar-refractivity contribution >= 4 is 19.8 Å². The van der Waals surface area contributed by atoms with Gasteiger partial charge >= 0.3 is 19.8 Å². The highest BCUT2D eigenvalue weighted by atomic mass is 31.2. The molecule has 0 spiro atoms. The number of rotatable bonds is 39. The van der Waals surface area contributed by atoms with E-state index in [-0.39, 0.29) is 32.0 Å². The van der Waals surface area contributed by atoms with Gasteiger partial charge in [-0.25, -0.2) is 4.57 Å². The van der Waals surface area contributed by atoms with Gasteiger partial charge in [0.2, 0.25) is 0 Å². The fraction of sp³-hybridized carbons (Fsp3) is 0.733. The standard InChI is InChI=1S/C45H80NO8P/c1-5-7-9-11-13-15-17-19-21-22-24-26-28-30-32-34-36-38-45(48)54-43(42-53-55(49,50)52-40-39-46(3)4)41-51-44(47)37-35-33-31-29-27-25-23-20-18-16-14-12-10-8-6-2/h7,9,13,15,19,21,24,26,30,32,43H,5-6,8,10-12,14,16-18,20,22-23,25,27-29,31,33-42H2,1-4H3,(H,49,50)/b9-7-,15-13-,21-19-,26-24-,32-30-. The van der Waals surface area contributed by atoms with Crippen molar-refractivity contribution in [1.82, 2.24) is 4.90 Å². The second kappa shape index (κ2) is 39.9. The third-order valence-electron chi connectivity index (χ3n) is 8.84. The van der Waals surface area contributed by atoms with Gasteiger partial charge in [0.25, 0.3) is 0 Å². The average molecular weight is 794 g/mol. The molecule has 0 aliphatic carbocycles.